The third kappa shape index (κ3) is 2.11. The summed E-state index contributed by atoms with van der Waals surface area (Å²) in [6.07, 6.45) is 0. The van der Waals surface area contributed by atoms with Gasteiger partial charge in [0, 0.05) is 12.3 Å². The number of benzene rings is 2. The smallest absolute Gasteiger partial charge is 0.329 e. The van der Waals surface area contributed by atoms with E-state index in [-0.39, 0.29) is 5.82 Å². The SMILES string of the molecule is CC(=O)On1c2ccc(F)cc2c2nc3cc(C)c(C)cc3nc21. The summed E-state index contributed by atoms with van der Waals surface area (Å²) >= 11 is 0. The van der Waals surface area contributed by atoms with Gasteiger partial charge in [-0.05, 0) is 55.3 Å². The Morgan fingerprint density at radius 3 is 2.42 bits per heavy atom. The van der Waals surface area contributed by atoms with Crippen LogP contribution in [0.3, 0.4) is 0 Å². The molecule has 6 heteroatoms. The second-order valence-corrected chi connectivity index (χ2v) is 5.86. The fourth-order valence-corrected chi connectivity index (χ4v) is 2.83. The molecule has 0 atom stereocenters. The Balaban J connectivity index is 2.19. The molecule has 0 fully saturated rings. The van der Waals surface area contributed by atoms with Crippen molar-refractivity contribution < 1.29 is 14.0 Å². The molecule has 0 aliphatic rings. The first-order valence-corrected chi connectivity index (χ1v) is 7.51. The van der Waals surface area contributed by atoms with Gasteiger partial charge in [0.05, 0.1) is 16.6 Å². The van der Waals surface area contributed by atoms with Crippen LogP contribution >= 0.6 is 0 Å². The first-order valence-electron chi connectivity index (χ1n) is 7.51. The summed E-state index contributed by atoms with van der Waals surface area (Å²) in [5.74, 6) is -0.869. The highest BCUT2D eigenvalue weighted by Crippen LogP contribution is 2.29. The van der Waals surface area contributed by atoms with E-state index < -0.39 is 5.97 Å². The van der Waals surface area contributed by atoms with Crippen molar-refractivity contribution in [1.29, 1.82) is 0 Å². The van der Waals surface area contributed by atoms with E-state index >= 15 is 0 Å². The maximum atomic E-state index is 13.7. The Labute approximate surface area is 136 Å². The first-order chi connectivity index (χ1) is 11.4. The van der Waals surface area contributed by atoms with E-state index in [9.17, 15) is 9.18 Å². The van der Waals surface area contributed by atoms with Gasteiger partial charge in [-0.3, -0.25) is 0 Å². The Morgan fingerprint density at radius 1 is 1.08 bits per heavy atom. The van der Waals surface area contributed by atoms with Crippen LogP contribution in [0.1, 0.15) is 18.1 Å². The van der Waals surface area contributed by atoms with Crippen molar-refractivity contribution in [1.82, 2.24) is 14.7 Å². The minimum absolute atomic E-state index is 0.383. The van der Waals surface area contributed by atoms with Crippen LogP contribution in [0, 0.1) is 19.7 Å². The van der Waals surface area contributed by atoms with Crippen molar-refractivity contribution in [2.24, 2.45) is 0 Å². The van der Waals surface area contributed by atoms with E-state index in [2.05, 4.69) is 9.97 Å². The van der Waals surface area contributed by atoms with Crippen molar-refractivity contribution in [3.8, 4) is 0 Å². The van der Waals surface area contributed by atoms with Gasteiger partial charge in [0.1, 0.15) is 11.3 Å². The molecule has 0 spiro atoms. The highest BCUT2D eigenvalue weighted by atomic mass is 19.1. The zero-order chi connectivity index (χ0) is 17.0. The summed E-state index contributed by atoms with van der Waals surface area (Å²) in [7, 11) is 0. The molecule has 2 heterocycles. The van der Waals surface area contributed by atoms with Crippen molar-refractivity contribution in [2.45, 2.75) is 20.8 Å². The predicted octanol–water partition coefficient (Wildman–Crippen LogP) is 3.47. The number of nitrogens with zero attached hydrogens (tertiary/aromatic N) is 3. The van der Waals surface area contributed by atoms with E-state index in [1.54, 1.807) is 6.07 Å². The van der Waals surface area contributed by atoms with E-state index in [1.807, 2.05) is 26.0 Å². The molecule has 120 valence electrons. The Kier molecular flexibility index (Phi) is 3.03. The molecule has 0 N–H and O–H groups in total. The molecule has 0 radical (unpaired) electrons. The van der Waals surface area contributed by atoms with E-state index in [0.29, 0.717) is 27.6 Å². The average molecular weight is 323 g/mol. The highest BCUT2D eigenvalue weighted by molar-refractivity contribution is 6.06. The molecule has 0 saturated carbocycles. The predicted molar refractivity (Wildman–Crippen MR) is 89.2 cm³/mol. The van der Waals surface area contributed by atoms with Gasteiger partial charge in [0.2, 0.25) is 0 Å². The van der Waals surface area contributed by atoms with Gasteiger partial charge in [0.25, 0.3) is 0 Å². The zero-order valence-electron chi connectivity index (χ0n) is 13.4. The van der Waals surface area contributed by atoms with Crippen LogP contribution in [0.15, 0.2) is 30.3 Å². The largest absolute Gasteiger partial charge is 0.335 e. The number of carbonyl (C=O) groups is 1. The number of carbonyl (C=O) groups excluding carboxylic acids is 1. The minimum Gasteiger partial charge on any atom is -0.335 e. The monoisotopic (exact) mass is 323 g/mol. The van der Waals surface area contributed by atoms with Gasteiger partial charge >= 0.3 is 5.97 Å². The second kappa shape index (κ2) is 4.99. The van der Waals surface area contributed by atoms with Crippen molar-refractivity contribution in [3.05, 3.63) is 47.3 Å². The Morgan fingerprint density at radius 2 is 1.75 bits per heavy atom. The number of aryl methyl sites for hydroxylation is 2. The summed E-state index contributed by atoms with van der Waals surface area (Å²) in [6.45, 7) is 5.31. The lowest BCUT2D eigenvalue weighted by atomic mass is 10.1. The van der Waals surface area contributed by atoms with E-state index in [1.165, 1.54) is 23.8 Å². The lowest BCUT2D eigenvalue weighted by molar-refractivity contribution is -0.140. The van der Waals surface area contributed by atoms with Crippen LogP contribution < -0.4 is 4.84 Å². The Hall–Kier alpha value is -3.02. The fourth-order valence-electron chi connectivity index (χ4n) is 2.83. The molecular weight excluding hydrogens is 309 g/mol. The van der Waals surface area contributed by atoms with E-state index in [0.717, 1.165) is 16.6 Å². The molecule has 0 unspecified atom stereocenters. The normalized spacial score (nSPS) is 11.5. The van der Waals surface area contributed by atoms with Crippen LogP contribution in [-0.4, -0.2) is 20.7 Å². The summed E-state index contributed by atoms with van der Waals surface area (Å²) in [5.41, 5.74) is 5.05. The van der Waals surface area contributed by atoms with Crippen LogP contribution in [-0.2, 0) is 4.79 Å². The lowest BCUT2D eigenvalue weighted by Crippen LogP contribution is -2.16. The molecule has 2 aromatic carbocycles. The van der Waals surface area contributed by atoms with Crippen molar-refractivity contribution in [2.75, 3.05) is 0 Å². The van der Waals surface area contributed by atoms with Crippen LogP contribution in [0.2, 0.25) is 0 Å². The van der Waals surface area contributed by atoms with Gasteiger partial charge in [-0.25, -0.2) is 19.2 Å². The number of aromatic nitrogens is 3. The summed E-state index contributed by atoms with van der Waals surface area (Å²) in [4.78, 5) is 26.0. The maximum Gasteiger partial charge on any atom is 0.329 e. The Bertz CT molecular complexity index is 1150. The van der Waals surface area contributed by atoms with Crippen LogP contribution in [0.5, 0.6) is 0 Å². The number of fused-ring (bicyclic) bond motifs is 4. The quantitative estimate of drug-likeness (QED) is 0.538. The van der Waals surface area contributed by atoms with Gasteiger partial charge < -0.3 is 4.84 Å². The average Bonchev–Trinajstić information content (AvgIpc) is 2.79. The fraction of sp³-hybridized carbons (Fsp3) is 0.167. The van der Waals surface area contributed by atoms with Gasteiger partial charge in [0.15, 0.2) is 5.65 Å². The first kappa shape index (κ1) is 14.6. The standard InChI is InChI=1S/C18H14FN3O2/c1-9-6-14-15(7-10(9)2)21-18-17(20-14)13-8-12(19)4-5-16(13)22(18)24-11(3)23/h4-8H,1-3H3. The zero-order valence-corrected chi connectivity index (χ0v) is 13.4. The maximum absolute atomic E-state index is 13.7. The molecule has 4 aromatic rings. The molecule has 4 rings (SSSR count). The minimum atomic E-state index is -0.486. The van der Waals surface area contributed by atoms with Crippen molar-refractivity contribution in [3.63, 3.8) is 0 Å². The highest BCUT2D eigenvalue weighted by Gasteiger charge is 2.17. The van der Waals surface area contributed by atoms with Gasteiger partial charge in [-0.15, -0.1) is 0 Å². The molecule has 5 nitrogen and oxygen atoms in total. The molecular formula is C18H14FN3O2. The molecule has 24 heavy (non-hydrogen) atoms. The number of hydrogen-bond acceptors (Lipinski definition) is 4. The molecule has 0 bridgehead atoms. The van der Waals surface area contributed by atoms with E-state index in [4.69, 9.17) is 4.84 Å². The lowest BCUT2D eigenvalue weighted by Gasteiger charge is -2.06. The number of hydrogen-bond donors (Lipinski definition) is 0. The molecule has 0 aliphatic heterocycles. The third-order valence-corrected chi connectivity index (χ3v) is 4.11. The summed E-state index contributed by atoms with van der Waals surface area (Å²) in [5, 5.41) is 0.555. The molecule has 2 aromatic heterocycles. The molecule has 0 amide bonds. The number of halogens is 1. The van der Waals surface area contributed by atoms with Gasteiger partial charge in [-0.1, -0.05) is 0 Å². The second-order valence-electron chi connectivity index (χ2n) is 5.86. The molecule has 0 saturated heterocycles. The van der Waals surface area contributed by atoms with Crippen molar-refractivity contribution >= 4 is 39.1 Å². The summed E-state index contributed by atoms with van der Waals surface area (Å²) < 4.78 is 15.0. The third-order valence-electron chi connectivity index (χ3n) is 4.11. The van der Waals surface area contributed by atoms with Crippen LogP contribution in [0.4, 0.5) is 4.39 Å². The summed E-state index contributed by atoms with van der Waals surface area (Å²) in [6, 6.07) is 8.13. The van der Waals surface area contributed by atoms with Crippen LogP contribution in [0.25, 0.3) is 33.1 Å². The molecule has 0 aliphatic carbocycles. The number of rotatable bonds is 1. The topological polar surface area (TPSA) is 57.0 Å². The van der Waals surface area contributed by atoms with Gasteiger partial charge in [-0.2, -0.15) is 4.73 Å².